The van der Waals surface area contributed by atoms with Gasteiger partial charge in [-0.05, 0) is 40.0 Å². The Kier molecular flexibility index (Phi) is 3.79. The summed E-state index contributed by atoms with van der Waals surface area (Å²) in [5.41, 5.74) is 0.117. The van der Waals surface area contributed by atoms with Crippen molar-refractivity contribution in [1.29, 1.82) is 0 Å². The predicted octanol–water partition coefficient (Wildman–Crippen LogP) is 0.988. The van der Waals surface area contributed by atoms with Gasteiger partial charge in [0.2, 0.25) is 5.91 Å². The molecule has 2 fully saturated rings. The van der Waals surface area contributed by atoms with Gasteiger partial charge in [0, 0.05) is 12.6 Å². The van der Waals surface area contributed by atoms with Crippen LogP contribution in [0.3, 0.4) is 0 Å². The van der Waals surface area contributed by atoms with E-state index in [0.29, 0.717) is 6.54 Å². The Morgan fingerprint density at radius 3 is 2.60 bits per heavy atom. The molecule has 0 aromatic carbocycles. The van der Waals surface area contributed by atoms with Gasteiger partial charge < -0.3 is 14.3 Å². The fourth-order valence-corrected chi connectivity index (χ4v) is 5.00. The largest absolute Gasteiger partial charge is 0.318 e. The molecule has 0 N–H and O–H groups in total. The Labute approximate surface area is 149 Å². The molecule has 2 amide bonds. The number of piperidine rings is 1. The highest BCUT2D eigenvalue weighted by Crippen LogP contribution is 2.36. The molecule has 3 atom stereocenters. The number of carbonyl (C=O) groups excluding carboxylic acids is 2. The second-order valence-corrected chi connectivity index (χ2v) is 8.74. The molecular weight excluding hydrogens is 316 g/mol. The molecule has 0 aliphatic carbocycles. The number of nitrogens with zero attached hydrogens (tertiary/aromatic N) is 4. The lowest BCUT2D eigenvalue weighted by atomic mass is 9.93. The molecule has 6 nitrogen and oxygen atoms in total. The van der Waals surface area contributed by atoms with E-state index < -0.39 is 0 Å². The number of carbonyl (C=O) groups is 2. The Hall–Kier alpha value is -1.69. The van der Waals surface area contributed by atoms with Crippen LogP contribution in [0.15, 0.2) is 17.1 Å². The average Bonchev–Trinajstić information content (AvgIpc) is 2.94. The summed E-state index contributed by atoms with van der Waals surface area (Å²) in [4.78, 5) is 33.1. The molecule has 4 aliphatic heterocycles. The van der Waals surface area contributed by atoms with Crippen molar-refractivity contribution in [2.45, 2.75) is 57.4 Å². The third-order valence-electron chi connectivity index (χ3n) is 6.55. The number of rotatable bonds is 2. The van der Waals surface area contributed by atoms with E-state index in [0.717, 1.165) is 37.0 Å². The van der Waals surface area contributed by atoms with Gasteiger partial charge in [0.05, 0.1) is 24.8 Å². The number of hydrogen-bond donors (Lipinski definition) is 0. The maximum absolute atomic E-state index is 12.7. The van der Waals surface area contributed by atoms with Crippen LogP contribution in [0, 0.1) is 6.42 Å². The van der Waals surface area contributed by atoms with Crippen LogP contribution in [-0.4, -0.2) is 82.3 Å². The highest BCUT2D eigenvalue weighted by molar-refractivity contribution is 6.27. The van der Waals surface area contributed by atoms with E-state index in [1.165, 1.54) is 6.21 Å². The van der Waals surface area contributed by atoms with E-state index in [-0.39, 0.29) is 35.6 Å². The zero-order chi connectivity index (χ0) is 17.8. The van der Waals surface area contributed by atoms with Gasteiger partial charge >= 0.3 is 0 Å². The van der Waals surface area contributed by atoms with Crippen molar-refractivity contribution in [3.63, 3.8) is 0 Å². The molecule has 4 rings (SSSR count). The van der Waals surface area contributed by atoms with Gasteiger partial charge in [-0.25, -0.2) is 0 Å². The van der Waals surface area contributed by atoms with Crippen molar-refractivity contribution < 1.29 is 14.1 Å². The SMILES string of the molecule is CC(C)(C)[N+]1(CC2CN3C(=O)C=NC4C=CC(=O)N2C43)CC[CH]CC1. The maximum Gasteiger partial charge on any atom is 0.266 e. The first kappa shape index (κ1) is 16.8. The minimum absolute atomic E-state index is 0.0225. The van der Waals surface area contributed by atoms with Crippen LogP contribution >= 0.6 is 0 Å². The molecule has 1 radical (unpaired) electrons. The first-order chi connectivity index (χ1) is 11.8. The second kappa shape index (κ2) is 5.66. The zero-order valence-corrected chi connectivity index (χ0v) is 15.4. The fourth-order valence-electron chi connectivity index (χ4n) is 5.00. The molecule has 25 heavy (non-hydrogen) atoms. The van der Waals surface area contributed by atoms with Crippen LogP contribution < -0.4 is 0 Å². The van der Waals surface area contributed by atoms with E-state index >= 15 is 0 Å². The summed E-state index contributed by atoms with van der Waals surface area (Å²) in [6.07, 6.45) is 9.29. The molecule has 0 aromatic rings. The van der Waals surface area contributed by atoms with Crippen LogP contribution in [-0.2, 0) is 9.59 Å². The zero-order valence-electron chi connectivity index (χ0n) is 15.4. The van der Waals surface area contributed by atoms with Crippen LogP contribution in [0.2, 0.25) is 0 Å². The van der Waals surface area contributed by atoms with Gasteiger partial charge in [0.25, 0.3) is 5.91 Å². The van der Waals surface area contributed by atoms with Crippen LogP contribution in [0.1, 0.15) is 33.6 Å². The van der Waals surface area contributed by atoms with E-state index in [1.54, 1.807) is 6.08 Å². The molecule has 3 unspecified atom stereocenters. The van der Waals surface area contributed by atoms with Gasteiger partial charge in [-0.1, -0.05) is 6.08 Å². The molecule has 0 saturated carbocycles. The first-order valence-corrected chi connectivity index (χ1v) is 9.35. The number of aliphatic imine (C=N–C) groups is 1. The molecule has 6 heteroatoms. The summed E-state index contributed by atoms with van der Waals surface area (Å²) in [6.45, 7) is 10.6. The van der Waals surface area contributed by atoms with Crippen molar-refractivity contribution in [3.05, 3.63) is 18.6 Å². The third-order valence-corrected chi connectivity index (χ3v) is 6.55. The highest BCUT2D eigenvalue weighted by atomic mass is 16.2. The normalized spacial score (nSPS) is 33.8. The molecule has 0 aromatic heterocycles. The van der Waals surface area contributed by atoms with Crippen molar-refractivity contribution in [2.75, 3.05) is 26.2 Å². The number of likely N-dealkylation sites (tertiary alicyclic amines) is 1. The van der Waals surface area contributed by atoms with Crippen molar-refractivity contribution >= 4 is 18.0 Å². The molecule has 4 heterocycles. The van der Waals surface area contributed by atoms with E-state index in [9.17, 15) is 9.59 Å². The van der Waals surface area contributed by atoms with Crippen LogP contribution in [0.5, 0.6) is 0 Å². The van der Waals surface area contributed by atoms with Gasteiger partial charge in [-0.15, -0.1) is 0 Å². The van der Waals surface area contributed by atoms with E-state index in [4.69, 9.17) is 0 Å². The average molecular weight is 344 g/mol. The first-order valence-electron chi connectivity index (χ1n) is 9.35. The van der Waals surface area contributed by atoms with Gasteiger partial charge in [0.1, 0.15) is 24.8 Å². The molecule has 0 bridgehead atoms. The van der Waals surface area contributed by atoms with E-state index in [2.05, 4.69) is 32.2 Å². The highest BCUT2D eigenvalue weighted by Gasteiger charge is 2.54. The lowest BCUT2D eigenvalue weighted by molar-refractivity contribution is -0.974. The Morgan fingerprint density at radius 2 is 1.92 bits per heavy atom. The monoisotopic (exact) mass is 344 g/mol. The standard InChI is InChI=1S/C19H28N4O2/c1-19(2,3)23(9-5-4-6-10-23)13-14-12-21-17(25)11-20-15-7-8-16(24)22(14)18(15)21/h4,7-8,11,14-15,18H,5-6,9-10,12-13H2,1-3H3/q+1. The van der Waals surface area contributed by atoms with Gasteiger partial charge in [-0.2, -0.15) is 0 Å². The van der Waals surface area contributed by atoms with E-state index in [1.807, 2.05) is 15.9 Å². The minimum atomic E-state index is -0.226. The minimum Gasteiger partial charge on any atom is -0.318 e. The summed E-state index contributed by atoms with van der Waals surface area (Å²) < 4.78 is 1.00. The van der Waals surface area contributed by atoms with Crippen molar-refractivity contribution in [2.24, 2.45) is 4.99 Å². The molecule has 4 aliphatic rings. The molecule has 2 saturated heterocycles. The van der Waals surface area contributed by atoms with Crippen LogP contribution in [0.25, 0.3) is 0 Å². The predicted molar refractivity (Wildman–Crippen MR) is 95.7 cm³/mol. The lowest BCUT2D eigenvalue weighted by Crippen LogP contribution is -2.67. The summed E-state index contributed by atoms with van der Waals surface area (Å²) in [6, 6.07) is -0.0499. The van der Waals surface area contributed by atoms with Crippen molar-refractivity contribution in [3.8, 4) is 0 Å². The molecule has 135 valence electrons. The smallest absolute Gasteiger partial charge is 0.266 e. The van der Waals surface area contributed by atoms with Gasteiger partial charge in [0.15, 0.2) is 0 Å². The Balaban J connectivity index is 1.66. The summed E-state index contributed by atoms with van der Waals surface area (Å²) in [5.74, 6) is -0.0413. The molecular formula is C19H28N4O2+. The fraction of sp³-hybridized carbons (Fsp3) is 0.684. The molecule has 0 spiro atoms. The number of hydrogen-bond acceptors (Lipinski definition) is 3. The third kappa shape index (κ3) is 2.53. The van der Waals surface area contributed by atoms with Crippen LogP contribution in [0.4, 0.5) is 0 Å². The lowest BCUT2D eigenvalue weighted by Gasteiger charge is -2.52. The second-order valence-electron chi connectivity index (χ2n) is 8.74. The Bertz CT molecular complexity index is 642. The summed E-state index contributed by atoms with van der Waals surface area (Å²) >= 11 is 0. The topological polar surface area (TPSA) is 53.0 Å². The number of amides is 2. The Morgan fingerprint density at radius 1 is 1.20 bits per heavy atom. The van der Waals surface area contributed by atoms with Crippen molar-refractivity contribution in [1.82, 2.24) is 9.80 Å². The quantitative estimate of drug-likeness (QED) is 0.702. The maximum atomic E-state index is 12.7. The number of quaternary nitrogens is 1. The summed E-state index contributed by atoms with van der Waals surface area (Å²) in [7, 11) is 0. The van der Waals surface area contributed by atoms with Gasteiger partial charge in [-0.3, -0.25) is 14.6 Å². The summed E-state index contributed by atoms with van der Waals surface area (Å²) in [5, 5.41) is 0.